The molecule has 1 aromatic carbocycles. The predicted octanol–water partition coefficient (Wildman–Crippen LogP) is 3.60. The van der Waals surface area contributed by atoms with E-state index in [0.29, 0.717) is 16.9 Å². The number of amides is 1. The minimum Gasteiger partial charge on any atom is -0.384 e. The van der Waals surface area contributed by atoms with E-state index in [1.165, 1.54) is 12.1 Å². The number of anilines is 2. The third-order valence-electron chi connectivity index (χ3n) is 3.01. The van der Waals surface area contributed by atoms with Crippen LogP contribution in [-0.2, 0) is 0 Å². The summed E-state index contributed by atoms with van der Waals surface area (Å²) in [6, 6.07) is 7.70. The highest BCUT2D eigenvalue weighted by molar-refractivity contribution is 6.03. The lowest BCUT2D eigenvalue weighted by atomic mass is 10.2. The van der Waals surface area contributed by atoms with Gasteiger partial charge in [0, 0.05) is 12.2 Å². The minimum absolute atomic E-state index is 0.313. The van der Waals surface area contributed by atoms with Crippen molar-refractivity contribution < 1.29 is 9.18 Å². The first kappa shape index (κ1) is 15.0. The number of pyridine rings is 1. The van der Waals surface area contributed by atoms with Crippen molar-refractivity contribution in [2.75, 3.05) is 17.2 Å². The molecule has 5 heteroatoms. The maximum absolute atomic E-state index is 13.0. The lowest BCUT2D eigenvalue weighted by Crippen LogP contribution is -2.14. The average Bonchev–Trinajstić information content (AvgIpc) is 2.48. The Morgan fingerprint density at radius 3 is 2.71 bits per heavy atom. The molecule has 2 N–H and O–H groups in total. The van der Waals surface area contributed by atoms with Crippen LogP contribution in [0.25, 0.3) is 0 Å². The van der Waals surface area contributed by atoms with Gasteiger partial charge in [0.25, 0.3) is 5.91 Å². The largest absolute Gasteiger partial charge is 0.384 e. The summed E-state index contributed by atoms with van der Waals surface area (Å²) in [7, 11) is 0. The van der Waals surface area contributed by atoms with Crippen molar-refractivity contribution in [2.45, 2.75) is 20.3 Å². The first-order valence-electron chi connectivity index (χ1n) is 6.87. The highest BCUT2D eigenvalue weighted by atomic mass is 19.1. The van der Waals surface area contributed by atoms with E-state index >= 15 is 0 Å². The van der Waals surface area contributed by atoms with Crippen LogP contribution in [0.3, 0.4) is 0 Å². The van der Waals surface area contributed by atoms with Gasteiger partial charge in [-0.25, -0.2) is 9.37 Å². The molecule has 110 valence electrons. The van der Waals surface area contributed by atoms with Crippen LogP contribution in [0.15, 0.2) is 36.5 Å². The van der Waals surface area contributed by atoms with Crippen molar-refractivity contribution in [3.63, 3.8) is 0 Å². The van der Waals surface area contributed by atoms with E-state index in [9.17, 15) is 9.18 Å². The molecule has 2 rings (SSSR count). The monoisotopic (exact) mass is 287 g/mol. The van der Waals surface area contributed by atoms with Crippen molar-refractivity contribution in [3.8, 4) is 0 Å². The number of halogens is 1. The van der Waals surface area contributed by atoms with E-state index in [0.717, 1.165) is 18.7 Å². The van der Waals surface area contributed by atoms with E-state index < -0.39 is 0 Å². The molecule has 1 heterocycles. The molecule has 0 unspecified atom stereocenters. The third kappa shape index (κ3) is 4.02. The van der Waals surface area contributed by atoms with Crippen LogP contribution in [0.1, 0.15) is 29.4 Å². The molecule has 0 saturated heterocycles. The first-order chi connectivity index (χ1) is 10.1. The van der Waals surface area contributed by atoms with Gasteiger partial charge in [-0.05, 0) is 49.2 Å². The fraction of sp³-hybridized carbons (Fsp3) is 0.250. The van der Waals surface area contributed by atoms with Gasteiger partial charge in [-0.2, -0.15) is 0 Å². The van der Waals surface area contributed by atoms with Gasteiger partial charge < -0.3 is 10.6 Å². The van der Waals surface area contributed by atoms with E-state index in [1.54, 1.807) is 25.3 Å². The first-order valence-corrected chi connectivity index (χ1v) is 6.87. The van der Waals surface area contributed by atoms with Crippen molar-refractivity contribution in [3.05, 3.63) is 53.6 Å². The van der Waals surface area contributed by atoms with E-state index in [4.69, 9.17) is 0 Å². The fourth-order valence-corrected chi connectivity index (χ4v) is 1.86. The highest BCUT2D eigenvalue weighted by Crippen LogP contribution is 2.16. The van der Waals surface area contributed by atoms with Crippen molar-refractivity contribution in [1.29, 1.82) is 0 Å². The van der Waals surface area contributed by atoms with Crippen LogP contribution in [0.2, 0.25) is 0 Å². The standard InChI is InChI=1S/C16H18FN3O/c1-3-8-18-13-5-7-15(19-10-13)16(21)20-14-6-4-12(17)9-11(14)2/h4-7,9-10,18H,3,8H2,1-2H3,(H,20,21). The molecule has 0 aliphatic carbocycles. The van der Waals surface area contributed by atoms with Crippen LogP contribution in [0.5, 0.6) is 0 Å². The summed E-state index contributed by atoms with van der Waals surface area (Å²) in [6.07, 6.45) is 2.65. The molecular formula is C16H18FN3O. The number of hydrogen-bond acceptors (Lipinski definition) is 3. The average molecular weight is 287 g/mol. The Bertz CT molecular complexity index is 626. The van der Waals surface area contributed by atoms with Gasteiger partial charge in [-0.3, -0.25) is 4.79 Å². The number of hydrogen-bond donors (Lipinski definition) is 2. The summed E-state index contributed by atoms with van der Waals surface area (Å²) in [4.78, 5) is 16.2. The second-order valence-corrected chi connectivity index (χ2v) is 4.77. The van der Waals surface area contributed by atoms with Crippen LogP contribution < -0.4 is 10.6 Å². The zero-order valence-electron chi connectivity index (χ0n) is 12.1. The Morgan fingerprint density at radius 1 is 1.29 bits per heavy atom. The zero-order valence-corrected chi connectivity index (χ0v) is 12.1. The van der Waals surface area contributed by atoms with Crippen LogP contribution in [-0.4, -0.2) is 17.4 Å². The molecule has 0 aliphatic heterocycles. The summed E-state index contributed by atoms with van der Waals surface area (Å²) in [5.41, 5.74) is 2.45. The Morgan fingerprint density at radius 2 is 2.10 bits per heavy atom. The fourth-order valence-electron chi connectivity index (χ4n) is 1.86. The Balaban J connectivity index is 2.06. The van der Waals surface area contributed by atoms with Gasteiger partial charge in [-0.15, -0.1) is 0 Å². The summed E-state index contributed by atoms with van der Waals surface area (Å²) in [5, 5.41) is 5.92. The molecule has 1 amide bonds. The second kappa shape index (κ2) is 6.83. The molecular weight excluding hydrogens is 269 g/mol. The number of nitrogens with zero attached hydrogens (tertiary/aromatic N) is 1. The predicted molar refractivity (Wildman–Crippen MR) is 82.1 cm³/mol. The summed E-state index contributed by atoms with van der Waals surface area (Å²) in [5.74, 6) is -0.637. The quantitative estimate of drug-likeness (QED) is 0.883. The van der Waals surface area contributed by atoms with Crippen molar-refractivity contribution >= 4 is 17.3 Å². The van der Waals surface area contributed by atoms with Crippen molar-refractivity contribution in [1.82, 2.24) is 4.98 Å². The zero-order chi connectivity index (χ0) is 15.2. The molecule has 21 heavy (non-hydrogen) atoms. The number of aromatic nitrogens is 1. The van der Waals surface area contributed by atoms with Gasteiger partial charge >= 0.3 is 0 Å². The number of carbonyl (C=O) groups is 1. The van der Waals surface area contributed by atoms with Gasteiger partial charge in [-0.1, -0.05) is 6.92 Å². The Hall–Kier alpha value is -2.43. The van der Waals surface area contributed by atoms with Crippen LogP contribution >= 0.6 is 0 Å². The Kier molecular flexibility index (Phi) is 4.87. The maximum Gasteiger partial charge on any atom is 0.274 e. The van der Waals surface area contributed by atoms with Crippen LogP contribution in [0.4, 0.5) is 15.8 Å². The van der Waals surface area contributed by atoms with Gasteiger partial charge in [0.15, 0.2) is 0 Å². The van der Waals surface area contributed by atoms with Crippen molar-refractivity contribution in [2.24, 2.45) is 0 Å². The number of benzene rings is 1. The molecule has 0 saturated carbocycles. The lowest BCUT2D eigenvalue weighted by Gasteiger charge is -2.09. The molecule has 1 aromatic heterocycles. The topological polar surface area (TPSA) is 54.0 Å². The van der Waals surface area contributed by atoms with Gasteiger partial charge in [0.1, 0.15) is 11.5 Å². The van der Waals surface area contributed by atoms with E-state index in [1.807, 2.05) is 6.07 Å². The highest BCUT2D eigenvalue weighted by Gasteiger charge is 2.09. The molecule has 0 radical (unpaired) electrons. The molecule has 0 atom stereocenters. The summed E-state index contributed by atoms with van der Waals surface area (Å²) >= 11 is 0. The third-order valence-corrected chi connectivity index (χ3v) is 3.01. The normalized spacial score (nSPS) is 10.2. The summed E-state index contributed by atoms with van der Waals surface area (Å²) in [6.45, 7) is 4.68. The molecule has 0 spiro atoms. The SMILES string of the molecule is CCCNc1ccc(C(=O)Nc2ccc(F)cc2C)nc1. The Labute approximate surface area is 123 Å². The summed E-state index contributed by atoms with van der Waals surface area (Å²) < 4.78 is 13.0. The smallest absolute Gasteiger partial charge is 0.274 e. The maximum atomic E-state index is 13.0. The molecule has 0 aliphatic rings. The van der Waals surface area contributed by atoms with Gasteiger partial charge in [0.05, 0.1) is 11.9 Å². The molecule has 2 aromatic rings. The number of carbonyl (C=O) groups excluding carboxylic acids is 1. The van der Waals surface area contributed by atoms with Gasteiger partial charge in [0.2, 0.25) is 0 Å². The lowest BCUT2D eigenvalue weighted by molar-refractivity contribution is 0.102. The number of nitrogens with one attached hydrogen (secondary N) is 2. The van der Waals surface area contributed by atoms with E-state index in [2.05, 4.69) is 22.5 Å². The number of rotatable bonds is 5. The second-order valence-electron chi connectivity index (χ2n) is 4.77. The minimum atomic E-state index is -0.324. The van der Waals surface area contributed by atoms with E-state index in [-0.39, 0.29) is 11.7 Å². The number of aryl methyl sites for hydroxylation is 1. The molecule has 4 nitrogen and oxygen atoms in total. The molecule has 0 fully saturated rings. The molecule has 0 bridgehead atoms. The van der Waals surface area contributed by atoms with Crippen LogP contribution in [0, 0.1) is 12.7 Å².